The largest absolute Gasteiger partial charge is 0.496 e. The first-order chi connectivity index (χ1) is 8.21. The Bertz CT molecular complexity index is 347. The molecule has 3 N–H and O–H groups in total. The second-order valence-electron chi connectivity index (χ2n) is 3.81. The second kappa shape index (κ2) is 7.50. The average Bonchev–Trinajstić information content (AvgIpc) is 2.34. The normalized spacial score (nSPS) is 12.5. The highest BCUT2D eigenvalue weighted by molar-refractivity contribution is 6.30. The number of benzene rings is 1. The van der Waals surface area contributed by atoms with E-state index in [4.69, 9.17) is 26.9 Å². The highest BCUT2D eigenvalue weighted by Gasteiger charge is 2.11. The fraction of sp³-hybridized carbons (Fsp3) is 0.500. The van der Waals surface area contributed by atoms with Crippen LogP contribution in [0.25, 0.3) is 0 Å². The number of methoxy groups -OCH3 is 2. The molecule has 0 fully saturated rings. The van der Waals surface area contributed by atoms with Gasteiger partial charge in [0.25, 0.3) is 0 Å². The molecule has 96 valence electrons. The van der Waals surface area contributed by atoms with E-state index in [1.807, 2.05) is 18.2 Å². The number of hydrogen-bond donors (Lipinski definition) is 2. The molecular formula is C12H19ClN2O2. The van der Waals surface area contributed by atoms with Crippen LogP contribution in [-0.2, 0) is 11.2 Å². The van der Waals surface area contributed by atoms with E-state index in [0.29, 0.717) is 11.6 Å². The number of rotatable bonds is 7. The molecule has 0 saturated heterocycles. The average molecular weight is 259 g/mol. The fourth-order valence-corrected chi connectivity index (χ4v) is 1.87. The minimum absolute atomic E-state index is 0.141. The Balaban J connectivity index is 2.73. The zero-order valence-electron chi connectivity index (χ0n) is 10.2. The summed E-state index contributed by atoms with van der Waals surface area (Å²) in [7, 11) is 3.32. The molecule has 1 aromatic rings. The van der Waals surface area contributed by atoms with Gasteiger partial charge < -0.3 is 9.47 Å². The highest BCUT2D eigenvalue weighted by Crippen LogP contribution is 2.24. The fourth-order valence-electron chi connectivity index (χ4n) is 1.68. The third kappa shape index (κ3) is 4.52. The van der Waals surface area contributed by atoms with Crippen LogP contribution in [0.15, 0.2) is 18.2 Å². The van der Waals surface area contributed by atoms with Crippen LogP contribution in [0.3, 0.4) is 0 Å². The van der Waals surface area contributed by atoms with E-state index in [9.17, 15) is 0 Å². The van der Waals surface area contributed by atoms with Crippen molar-refractivity contribution in [3.05, 3.63) is 28.8 Å². The smallest absolute Gasteiger partial charge is 0.122 e. The van der Waals surface area contributed by atoms with Crippen LogP contribution in [0.2, 0.25) is 5.02 Å². The summed E-state index contributed by atoms with van der Waals surface area (Å²) in [4.78, 5) is 0. The topological polar surface area (TPSA) is 56.5 Å². The second-order valence-corrected chi connectivity index (χ2v) is 4.24. The highest BCUT2D eigenvalue weighted by atomic mass is 35.5. The van der Waals surface area contributed by atoms with Gasteiger partial charge in [0.15, 0.2) is 0 Å². The van der Waals surface area contributed by atoms with Crippen molar-refractivity contribution in [2.24, 2.45) is 5.84 Å². The summed E-state index contributed by atoms with van der Waals surface area (Å²) in [5.41, 5.74) is 3.82. The number of hydrogen-bond acceptors (Lipinski definition) is 4. The molecule has 1 rings (SSSR count). The van der Waals surface area contributed by atoms with Gasteiger partial charge >= 0.3 is 0 Å². The van der Waals surface area contributed by atoms with Crippen molar-refractivity contribution >= 4 is 11.6 Å². The van der Waals surface area contributed by atoms with Gasteiger partial charge in [0, 0.05) is 24.8 Å². The van der Waals surface area contributed by atoms with E-state index < -0.39 is 0 Å². The Morgan fingerprint density at radius 3 is 2.76 bits per heavy atom. The summed E-state index contributed by atoms with van der Waals surface area (Å²) in [6.07, 6.45) is 1.59. The van der Waals surface area contributed by atoms with Crippen molar-refractivity contribution in [2.75, 3.05) is 20.8 Å². The van der Waals surface area contributed by atoms with Crippen LogP contribution in [0, 0.1) is 0 Å². The van der Waals surface area contributed by atoms with Gasteiger partial charge in [0.2, 0.25) is 0 Å². The zero-order valence-corrected chi connectivity index (χ0v) is 11.0. The molecule has 0 heterocycles. The monoisotopic (exact) mass is 258 g/mol. The summed E-state index contributed by atoms with van der Waals surface area (Å²) in [6, 6.07) is 5.71. The number of hydrazine groups is 1. The van der Waals surface area contributed by atoms with Gasteiger partial charge in [0.05, 0.1) is 7.11 Å². The van der Waals surface area contributed by atoms with Gasteiger partial charge in [-0.15, -0.1) is 0 Å². The van der Waals surface area contributed by atoms with Crippen molar-refractivity contribution in [3.63, 3.8) is 0 Å². The lowest BCUT2D eigenvalue weighted by atomic mass is 10.0. The molecule has 4 nitrogen and oxygen atoms in total. The van der Waals surface area contributed by atoms with E-state index in [1.165, 1.54) is 0 Å². The first kappa shape index (κ1) is 14.3. The third-order valence-corrected chi connectivity index (χ3v) is 2.85. The molecule has 0 radical (unpaired) electrons. The molecule has 0 bridgehead atoms. The van der Waals surface area contributed by atoms with Crippen LogP contribution < -0.4 is 16.0 Å². The minimum Gasteiger partial charge on any atom is -0.496 e. The Morgan fingerprint density at radius 1 is 1.41 bits per heavy atom. The van der Waals surface area contributed by atoms with Gasteiger partial charge in [-0.1, -0.05) is 11.6 Å². The SMILES string of the molecule is COCCC(Cc1cc(Cl)ccc1OC)NN. The first-order valence-electron chi connectivity index (χ1n) is 5.48. The summed E-state index contributed by atoms with van der Waals surface area (Å²) in [6.45, 7) is 0.664. The van der Waals surface area contributed by atoms with Gasteiger partial charge in [-0.2, -0.15) is 0 Å². The maximum Gasteiger partial charge on any atom is 0.122 e. The predicted molar refractivity (Wildman–Crippen MR) is 69.3 cm³/mol. The van der Waals surface area contributed by atoms with Gasteiger partial charge in [-0.3, -0.25) is 11.3 Å². The van der Waals surface area contributed by atoms with E-state index in [-0.39, 0.29) is 6.04 Å². The molecule has 0 aliphatic carbocycles. The lowest BCUT2D eigenvalue weighted by molar-refractivity contribution is 0.182. The van der Waals surface area contributed by atoms with Crippen LogP contribution in [0.5, 0.6) is 5.75 Å². The lowest BCUT2D eigenvalue weighted by Crippen LogP contribution is -2.37. The van der Waals surface area contributed by atoms with Crippen molar-refractivity contribution in [2.45, 2.75) is 18.9 Å². The summed E-state index contributed by atoms with van der Waals surface area (Å²) in [5, 5.41) is 0.698. The Hall–Kier alpha value is -0.810. The maximum atomic E-state index is 5.97. The van der Waals surface area contributed by atoms with Gasteiger partial charge in [-0.05, 0) is 36.6 Å². The molecule has 17 heavy (non-hydrogen) atoms. The molecule has 1 aromatic carbocycles. The van der Waals surface area contributed by atoms with Crippen LogP contribution in [-0.4, -0.2) is 26.9 Å². The molecule has 0 saturated carbocycles. The molecule has 0 amide bonds. The van der Waals surface area contributed by atoms with Gasteiger partial charge in [-0.25, -0.2) is 0 Å². The zero-order chi connectivity index (χ0) is 12.7. The number of nitrogens with one attached hydrogen (secondary N) is 1. The molecule has 0 aromatic heterocycles. The van der Waals surface area contributed by atoms with E-state index in [2.05, 4.69) is 5.43 Å². The van der Waals surface area contributed by atoms with Crippen molar-refractivity contribution < 1.29 is 9.47 Å². The molecule has 0 aliphatic rings. The Morgan fingerprint density at radius 2 is 2.18 bits per heavy atom. The van der Waals surface area contributed by atoms with E-state index >= 15 is 0 Å². The summed E-state index contributed by atoms with van der Waals surface area (Å²) in [5.74, 6) is 6.34. The molecule has 0 aliphatic heterocycles. The van der Waals surface area contributed by atoms with Crippen LogP contribution in [0.1, 0.15) is 12.0 Å². The van der Waals surface area contributed by atoms with Gasteiger partial charge in [0.1, 0.15) is 5.75 Å². The van der Waals surface area contributed by atoms with Crippen LogP contribution in [0.4, 0.5) is 0 Å². The molecule has 0 spiro atoms. The summed E-state index contributed by atoms with van der Waals surface area (Å²) >= 11 is 5.97. The number of halogens is 1. The quantitative estimate of drug-likeness (QED) is 0.578. The van der Waals surface area contributed by atoms with E-state index in [1.54, 1.807) is 14.2 Å². The molecule has 1 atom stereocenters. The first-order valence-corrected chi connectivity index (χ1v) is 5.86. The number of nitrogens with two attached hydrogens (primary N) is 1. The predicted octanol–water partition coefficient (Wildman–Crippen LogP) is 1.76. The van der Waals surface area contributed by atoms with E-state index in [0.717, 1.165) is 24.2 Å². The number of ether oxygens (including phenoxy) is 2. The molecule has 5 heteroatoms. The lowest BCUT2D eigenvalue weighted by Gasteiger charge is -2.17. The standard InChI is InChI=1S/C12H19ClN2O2/c1-16-6-5-11(15-14)8-9-7-10(13)3-4-12(9)17-2/h3-4,7,11,15H,5-6,8,14H2,1-2H3. The van der Waals surface area contributed by atoms with Crippen molar-refractivity contribution in [1.82, 2.24) is 5.43 Å². The van der Waals surface area contributed by atoms with Crippen molar-refractivity contribution in [3.8, 4) is 5.75 Å². The maximum absolute atomic E-state index is 5.97. The molecule has 1 unspecified atom stereocenters. The Labute approximate surface area is 107 Å². The molecular weight excluding hydrogens is 240 g/mol. The summed E-state index contributed by atoms with van der Waals surface area (Å²) < 4.78 is 10.3. The van der Waals surface area contributed by atoms with Crippen LogP contribution >= 0.6 is 11.6 Å². The third-order valence-electron chi connectivity index (χ3n) is 2.61. The van der Waals surface area contributed by atoms with Crippen molar-refractivity contribution in [1.29, 1.82) is 0 Å². The minimum atomic E-state index is 0.141. The Kier molecular flexibility index (Phi) is 6.29.